The summed E-state index contributed by atoms with van der Waals surface area (Å²) in [5.74, 6) is 1.69. The number of hydrogen-bond donors (Lipinski definition) is 1. The second-order valence-electron chi connectivity index (χ2n) is 4.90. The molecule has 1 atom stereocenters. The maximum atomic E-state index is 12.1. The maximum Gasteiger partial charge on any atom is 0.231 e. The number of rotatable bonds is 3. The molecule has 0 saturated carbocycles. The Morgan fingerprint density at radius 1 is 1.35 bits per heavy atom. The molecule has 2 heterocycles. The lowest BCUT2D eigenvalue weighted by molar-refractivity contribution is -0.131. The normalized spacial score (nSPS) is 19.9. The van der Waals surface area contributed by atoms with Gasteiger partial charge in [0.2, 0.25) is 12.7 Å². The van der Waals surface area contributed by atoms with E-state index in [2.05, 4.69) is 0 Å². The maximum absolute atomic E-state index is 12.1. The zero-order chi connectivity index (χ0) is 13.2. The number of benzene rings is 1. The third-order valence-corrected chi connectivity index (χ3v) is 3.71. The zero-order valence-electron chi connectivity index (χ0n) is 11.2. The van der Waals surface area contributed by atoms with Crippen LogP contribution in [0.1, 0.15) is 30.9 Å². The van der Waals surface area contributed by atoms with E-state index in [4.69, 9.17) is 15.2 Å². The predicted molar refractivity (Wildman–Crippen MR) is 77.2 cm³/mol. The van der Waals surface area contributed by atoms with Gasteiger partial charge >= 0.3 is 0 Å². The lowest BCUT2D eigenvalue weighted by Gasteiger charge is -2.25. The van der Waals surface area contributed by atoms with Crippen molar-refractivity contribution < 1.29 is 14.3 Å². The third kappa shape index (κ3) is 2.69. The summed E-state index contributed by atoms with van der Waals surface area (Å²) in [6.45, 7) is 1.50. The number of carbonyl (C=O) groups excluding carboxylic acids is 1. The molecule has 1 amide bonds. The Morgan fingerprint density at radius 2 is 2.15 bits per heavy atom. The van der Waals surface area contributed by atoms with Crippen molar-refractivity contribution in [3.05, 3.63) is 23.8 Å². The van der Waals surface area contributed by atoms with E-state index in [0.717, 1.165) is 36.4 Å². The summed E-state index contributed by atoms with van der Waals surface area (Å²) in [7, 11) is 0. The zero-order valence-corrected chi connectivity index (χ0v) is 12.0. The SMILES string of the molecule is Cl.NCCC(=O)N1CCCC1c1ccc2c(c1)OCO2. The minimum absolute atomic E-state index is 0. The Kier molecular flexibility index (Phi) is 4.73. The highest BCUT2D eigenvalue weighted by atomic mass is 35.5. The van der Waals surface area contributed by atoms with Crippen LogP contribution in [-0.4, -0.2) is 30.7 Å². The van der Waals surface area contributed by atoms with Crippen LogP contribution in [0.25, 0.3) is 0 Å². The van der Waals surface area contributed by atoms with Gasteiger partial charge in [-0.3, -0.25) is 4.79 Å². The van der Waals surface area contributed by atoms with Crippen LogP contribution in [0, 0.1) is 0 Å². The molecule has 5 nitrogen and oxygen atoms in total. The van der Waals surface area contributed by atoms with Gasteiger partial charge in [0.1, 0.15) is 0 Å². The van der Waals surface area contributed by atoms with Crippen LogP contribution in [0.5, 0.6) is 11.5 Å². The van der Waals surface area contributed by atoms with Gasteiger partial charge in [-0.1, -0.05) is 6.07 Å². The molecule has 2 aliphatic rings. The first-order valence-electron chi connectivity index (χ1n) is 6.68. The van der Waals surface area contributed by atoms with Crippen LogP contribution in [0.15, 0.2) is 18.2 Å². The Hall–Kier alpha value is -1.46. The Bertz CT molecular complexity index is 495. The molecule has 1 saturated heterocycles. The molecule has 6 heteroatoms. The van der Waals surface area contributed by atoms with Crippen molar-refractivity contribution in [2.75, 3.05) is 19.9 Å². The largest absolute Gasteiger partial charge is 0.454 e. The number of amides is 1. The van der Waals surface area contributed by atoms with Crippen molar-refractivity contribution in [3.8, 4) is 11.5 Å². The quantitative estimate of drug-likeness (QED) is 0.925. The highest BCUT2D eigenvalue weighted by Crippen LogP contribution is 2.38. The number of hydrogen-bond acceptors (Lipinski definition) is 4. The van der Waals surface area contributed by atoms with Gasteiger partial charge in [0.05, 0.1) is 6.04 Å². The Labute approximate surface area is 124 Å². The van der Waals surface area contributed by atoms with Gasteiger partial charge < -0.3 is 20.1 Å². The molecule has 0 spiro atoms. The van der Waals surface area contributed by atoms with E-state index in [-0.39, 0.29) is 31.1 Å². The molecule has 3 rings (SSSR count). The summed E-state index contributed by atoms with van der Waals surface area (Å²) in [6, 6.07) is 6.07. The van der Waals surface area contributed by atoms with Gasteiger partial charge in [-0.15, -0.1) is 12.4 Å². The molecule has 0 aliphatic carbocycles. The number of likely N-dealkylation sites (tertiary alicyclic amines) is 1. The second-order valence-corrected chi connectivity index (χ2v) is 4.90. The average Bonchev–Trinajstić information content (AvgIpc) is 3.07. The first-order valence-corrected chi connectivity index (χ1v) is 6.68. The van der Waals surface area contributed by atoms with Crippen molar-refractivity contribution in [2.45, 2.75) is 25.3 Å². The standard InChI is InChI=1S/C14H18N2O3.ClH/c15-6-5-14(17)16-7-1-2-11(16)10-3-4-12-13(8-10)19-9-18-12;/h3-4,8,11H,1-2,5-7,9,15H2;1H. The van der Waals surface area contributed by atoms with E-state index in [1.54, 1.807) is 0 Å². The lowest BCUT2D eigenvalue weighted by atomic mass is 10.0. The number of fused-ring (bicyclic) bond motifs is 1. The molecule has 1 unspecified atom stereocenters. The summed E-state index contributed by atoms with van der Waals surface area (Å²) in [6.07, 6.45) is 2.45. The number of halogens is 1. The Balaban J connectivity index is 0.00000147. The van der Waals surface area contributed by atoms with Crippen LogP contribution in [0.3, 0.4) is 0 Å². The van der Waals surface area contributed by atoms with Gasteiger partial charge in [-0.05, 0) is 30.5 Å². The summed E-state index contributed by atoms with van der Waals surface area (Å²) in [5, 5.41) is 0. The van der Waals surface area contributed by atoms with Crippen LogP contribution >= 0.6 is 12.4 Å². The summed E-state index contributed by atoms with van der Waals surface area (Å²) in [4.78, 5) is 14.0. The minimum Gasteiger partial charge on any atom is -0.454 e. The molecule has 1 aromatic carbocycles. The van der Waals surface area contributed by atoms with Crippen molar-refractivity contribution in [1.29, 1.82) is 0 Å². The first kappa shape index (κ1) is 14.9. The summed E-state index contributed by atoms with van der Waals surface area (Å²) >= 11 is 0. The Morgan fingerprint density at radius 3 is 2.95 bits per heavy atom. The van der Waals surface area contributed by atoms with E-state index in [1.165, 1.54) is 0 Å². The monoisotopic (exact) mass is 298 g/mol. The van der Waals surface area contributed by atoms with Crippen molar-refractivity contribution in [2.24, 2.45) is 5.73 Å². The predicted octanol–water partition coefficient (Wildman–Crippen LogP) is 1.85. The molecule has 20 heavy (non-hydrogen) atoms. The molecule has 110 valence electrons. The van der Waals surface area contributed by atoms with E-state index in [0.29, 0.717) is 13.0 Å². The van der Waals surface area contributed by atoms with Crippen LogP contribution < -0.4 is 15.2 Å². The van der Waals surface area contributed by atoms with Crippen LogP contribution in [-0.2, 0) is 4.79 Å². The third-order valence-electron chi connectivity index (χ3n) is 3.71. The fourth-order valence-corrected chi connectivity index (χ4v) is 2.80. The van der Waals surface area contributed by atoms with E-state index in [9.17, 15) is 4.79 Å². The second kappa shape index (κ2) is 6.33. The van der Waals surface area contributed by atoms with Gasteiger partial charge in [-0.2, -0.15) is 0 Å². The molecule has 2 N–H and O–H groups in total. The van der Waals surface area contributed by atoms with Crippen molar-refractivity contribution >= 4 is 18.3 Å². The van der Waals surface area contributed by atoms with E-state index < -0.39 is 0 Å². The minimum atomic E-state index is 0. The van der Waals surface area contributed by atoms with Gasteiger partial charge in [0, 0.05) is 19.5 Å². The highest BCUT2D eigenvalue weighted by molar-refractivity contribution is 5.85. The van der Waals surface area contributed by atoms with E-state index >= 15 is 0 Å². The summed E-state index contributed by atoms with van der Waals surface area (Å²) in [5.41, 5.74) is 6.59. The van der Waals surface area contributed by atoms with Gasteiger partial charge in [-0.25, -0.2) is 0 Å². The van der Waals surface area contributed by atoms with Crippen LogP contribution in [0.2, 0.25) is 0 Å². The lowest BCUT2D eigenvalue weighted by Crippen LogP contribution is -2.31. The highest BCUT2D eigenvalue weighted by Gasteiger charge is 2.30. The molecule has 0 bridgehead atoms. The topological polar surface area (TPSA) is 64.8 Å². The molecular weight excluding hydrogens is 280 g/mol. The van der Waals surface area contributed by atoms with Crippen molar-refractivity contribution in [1.82, 2.24) is 4.90 Å². The number of carbonyl (C=O) groups is 1. The number of nitrogens with two attached hydrogens (primary N) is 1. The first-order chi connectivity index (χ1) is 9.29. The molecule has 0 aromatic heterocycles. The van der Waals surface area contributed by atoms with E-state index in [1.807, 2.05) is 23.1 Å². The molecule has 0 radical (unpaired) electrons. The molecule has 1 fully saturated rings. The molecule has 2 aliphatic heterocycles. The molecule has 1 aromatic rings. The molecular formula is C14H19ClN2O3. The van der Waals surface area contributed by atoms with Gasteiger partial charge in [0.15, 0.2) is 11.5 Å². The van der Waals surface area contributed by atoms with Crippen molar-refractivity contribution in [3.63, 3.8) is 0 Å². The fourth-order valence-electron chi connectivity index (χ4n) is 2.80. The summed E-state index contributed by atoms with van der Waals surface area (Å²) < 4.78 is 10.7. The smallest absolute Gasteiger partial charge is 0.231 e. The van der Waals surface area contributed by atoms with Crippen LogP contribution in [0.4, 0.5) is 0 Å². The average molecular weight is 299 g/mol. The number of nitrogens with zero attached hydrogens (tertiary/aromatic N) is 1. The fraction of sp³-hybridized carbons (Fsp3) is 0.500. The number of ether oxygens (including phenoxy) is 2. The van der Waals surface area contributed by atoms with Gasteiger partial charge in [0.25, 0.3) is 0 Å².